The van der Waals surface area contributed by atoms with Gasteiger partial charge in [0.2, 0.25) is 0 Å². The van der Waals surface area contributed by atoms with Gasteiger partial charge in [-0.1, -0.05) is 7.43 Å². The van der Waals surface area contributed by atoms with E-state index in [0.717, 1.165) is 0 Å². The molecule has 0 amide bonds. The predicted octanol–water partition coefficient (Wildman–Crippen LogP) is -63.6. The van der Waals surface area contributed by atoms with Gasteiger partial charge < -0.3 is 265 Å². The normalized spacial score (nSPS) is 14.1. The van der Waals surface area contributed by atoms with Crippen molar-refractivity contribution in [3.63, 3.8) is 0 Å². The van der Waals surface area contributed by atoms with Crippen LogP contribution in [0.25, 0.3) is 0 Å². The van der Waals surface area contributed by atoms with E-state index in [0.29, 0.717) is 9.80 Å². The second-order valence-corrected chi connectivity index (χ2v) is 40.4. The molecule has 12 atom stereocenters. The number of rotatable bonds is 31. The van der Waals surface area contributed by atoms with Crippen LogP contribution in [-0.2, 0) is 228 Å². The van der Waals surface area contributed by atoms with Gasteiger partial charge in [-0.2, -0.15) is 4.67 Å². The fraction of sp³-hybridized carbons (Fsp3) is 1.00. The van der Waals surface area contributed by atoms with Gasteiger partial charge in [0.05, 0.1) is 77.0 Å². The molecule has 0 aliphatic heterocycles. The first-order chi connectivity index (χ1) is 45.8. The maximum absolute atomic E-state index is 10.7. The van der Waals surface area contributed by atoms with Crippen molar-refractivity contribution in [2.24, 2.45) is 0 Å². The zero-order valence-corrected chi connectivity index (χ0v) is 91.5. The fourth-order valence-corrected chi connectivity index (χ4v) is 17.4. The molecule has 0 fully saturated rings. The molecule has 0 radical (unpaired) electrons. The Morgan fingerprint density at radius 1 is 0.295 bits per heavy atom. The molecule has 0 bridgehead atoms. The molecule has 0 saturated carbocycles. The van der Waals surface area contributed by atoms with Crippen LogP contribution >= 0.6 is 122 Å². The molecule has 0 spiro atoms. The van der Waals surface area contributed by atoms with Gasteiger partial charge >= 0.3 is 386 Å². The molecule has 0 heterocycles. The van der Waals surface area contributed by atoms with Crippen LogP contribution in [0.5, 0.6) is 0 Å². The van der Waals surface area contributed by atoms with E-state index in [2.05, 4.69) is 4.67 Å². The van der Waals surface area contributed by atoms with Crippen LogP contribution in [0.1, 0.15) is 7.43 Å². The summed E-state index contributed by atoms with van der Waals surface area (Å²) in [7, 11) is -76.8. The van der Waals surface area contributed by atoms with Gasteiger partial charge in [0.1, 0.15) is 94.8 Å². The second kappa shape index (κ2) is 134. The second-order valence-electron chi connectivity index (χ2n) is 16.2. The van der Waals surface area contributed by atoms with E-state index in [4.69, 9.17) is 168 Å². The fourth-order valence-electron chi connectivity index (χ4n) is 4.44. The van der Waals surface area contributed by atoms with Crippen molar-refractivity contribution >= 4 is 122 Å². The number of phosphoric acid groups is 1. The summed E-state index contributed by atoms with van der Waals surface area (Å²) in [6.07, 6.45) is -18.6. The third-order valence-corrected chi connectivity index (χ3v) is 17.4. The van der Waals surface area contributed by atoms with Gasteiger partial charge in [0.25, 0.3) is 15.3 Å². The standard InChI is InChI=1S/C3H12NO10P3.3C3H12NO9P3.C3H12NO8P3.CH4.8Fe.14Li.3HNO3.H3O4P.7H2O.5O/c5-14-17(12,13)3-4(1-15(6,7)8)2-16(9,10)11;3*5-14(6,7)1-4(2-15(8,9)10)3-16(11,12)13;5-13(6)1-4(2-14(7,8)9)3-15(10,11)12;;;;;;;;;;;;;;;;;;;;;;;;3*2-1(3)4;1-5(2,3)4;;;;;;;;;;;;/h5H,1-3H2,(H,12,13)(H2,6,7,8)(H2,9,10,11);3*1-3H2,(H2,5,6,7)(H2,8,9,10)(H2,11,12,13);13H,1-3H2,(H,5,6)(H2,7,8,9)(H2,10,11,12);1H4;;;;;;;;;;;;;;;;;;;;;;;3*(H,2,3,4);(H3,1,2,3,4);7*1H2;;;;;/q;;;;;;;;;;;;;+2;14*+1;;;;;;;;;;;;;;;;/p-15. The Morgan fingerprint density at radius 3 is 0.455 bits per heavy atom. The van der Waals surface area contributed by atoms with Crippen molar-refractivity contribution in [3.8, 4) is 0 Å². The first-order valence-corrected chi connectivity index (χ1v) is 51.2. The van der Waals surface area contributed by atoms with Crippen LogP contribution in [-0.4, -0.2) is 276 Å². The maximum atomic E-state index is 10.7. The van der Waals surface area contributed by atoms with Crippen molar-refractivity contribution < 1.29 is 718 Å². The first-order valence-electron chi connectivity index (χ1n) is 21.2. The molecule has 0 aromatic carbocycles. The average molecular weight is 2530 g/mol. The molecule has 132 heavy (non-hydrogen) atoms. The van der Waals surface area contributed by atoms with Crippen molar-refractivity contribution in [2.75, 3.05) is 94.3 Å². The average Bonchev–Trinajstić information content (AvgIpc) is 0.895. The Labute approximate surface area is 983 Å². The van der Waals surface area contributed by atoms with Crippen LogP contribution in [0.4, 0.5) is 0 Å². The third kappa shape index (κ3) is 357. The molecule has 0 saturated heterocycles. The molecule has 0 aliphatic carbocycles. The Kier molecular flexibility index (Phi) is 271. The topological polar surface area (TPSA) is 1480 Å². The predicted molar refractivity (Wildman–Crippen MR) is 307 cm³/mol. The Balaban J connectivity index is -0.0000000198. The zero-order chi connectivity index (χ0) is 89.7. The summed E-state index contributed by atoms with van der Waals surface area (Å²) < 4.78 is 209. The molecule has 34 N–H and O–H groups in total. The number of nitrogens with zero attached hydrogens (tertiary/aromatic N) is 8. The minimum atomic E-state index is -5.14. The summed E-state index contributed by atoms with van der Waals surface area (Å²) in [4.78, 5) is 311. The summed E-state index contributed by atoms with van der Waals surface area (Å²) in [6.45, 7) is 0. The zero-order valence-electron chi connectivity index (χ0n) is 68.2. The van der Waals surface area contributed by atoms with E-state index in [1.54, 1.807) is 0 Å². The van der Waals surface area contributed by atoms with E-state index in [1.807, 2.05) is 47.8 Å². The Bertz CT molecular complexity index is 2940. The summed E-state index contributed by atoms with van der Waals surface area (Å²) in [5.74, 6) is 0. The van der Waals surface area contributed by atoms with Gasteiger partial charge in [-0.3, -0.25) is 38.2 Å². The summed E-state index contributed by atoms with van der Waals surface area (Å²) >= 11 is 4.75. The van der Waals surface area contributed by atoms with Gasteiger partial charge in [-0.15, -0.1) is 30.3 Å². The summed E-state index contributed by atoms with van der Waals surface area (Å²) in [6, 6.07) is 0. The van der Waals surface area contributed by atoms with Crippen LogP contribution in [0, 0.1) is 30.3 Å². The van der Waals surface area contributed by atoms with Crippen LogP contribution in [0.2, 0.25) is 0 Å². The van der Waals surface area contributed by atoms with Gasteiger partial charge in [-0.25, -0.2) is 5.26 Å². The molecule has 750 valence electrons. The molecule has 0 aliphatic rings. The molecule has 0 aromatic rings. The van der Waals surface area contributed by atoms with E-state index in [-0.39, 0.29) is 393 Å². The Hall–Kier alpha value is 11.0. The van der Waals surface area contributed by atoms with Crippen LogP contribution in [0.3, 0.4) is 0 Å². The molecular weight excluding hydrogens is 2460 g/mol. The number of hydrogen-bond acceptors (Lipinski definition) is 49. The van der Waals surface area contributed by atoms with Crippen molar-refractivity contribution in [1.82, 2.24) is 24.5 Å². The molecule has 0 rings (SSSR count). The Morgan fingerprint density at radius 2 is 0.379 bits per heavy atom. The SMILES string of the molecule is C.O.O.O.O.O.O.O=P(O)(O)CN(CP(=O)(O)O)CP(=O)(O)O.O=P([O-])(O)CN(CP(=O)([O-])O)CP(=O)([O-])O.O=P([O-])(O)CN(CP(=O)([O-])O)CP(=O)([O-])O.O=P([O-])(O)CN(CP(=O)([O-])O)CP(=O)([O-])OO.O=P([O-])([O-])O.O=[N+]([O-])O.O=[N+]([O-])O.O=[N+]([O-])O.O=[PH]([O-])CN(CP(=O)([O-])O)CP(=O)([O-])O.[Fe+2].[Fe].[Fe].[Fe].[Li+].[Li+].[Li+].[Li+].[Li+].[Li+].[Li+].[Li+].[Li+].[Li+].[Li+].[Li+].[Li+].[Li+].[OH-].[O]=[Fe].[O]=[Fe].[O]=[Fe].[O]=[Fe]=[O]. The van der Waals surface area contributed by atoms with E-state index in [9.17, 15) is 127 Å². The minimum absolute atomic E-state index is 0. The van der Waals surface area contributed by atoms with E-state index < -0.39 is 247 Å². The van der Waals surface area contributed by atoms with E-state index in [1.165, 1.54) is 0 Å². The van der Waals surface area contributed by atoms with Gasteiger partial charge in [-0.05, 0) is 0 Å². The van der Waals surface area contributed by atoms with Gasteiger partial charge in [0, 0.05) is 65.5 Å². The van der Waals surface area contributed by atoms with Crippen molar-refractivity contribution in [2.45, 2.75) is 7.43 Å². The van der Waals surface area contributed by atoms with Gasteiger partial charge in [0.15, 0.2) is 7.60 Å². The van der Waals surface area contributed by atoms with Crippen molar-refractivity contribution in [3.05, 3.63) is 30.3 Å². The van der Waals surface area contributed by atoms with Crippen LogP contribution in [0.15, 0.2) is 0 Å². The first kappa shape index (κ1) is 267. The summed E-state index contributed by atoms with van der Waals surface area (Å²) in [5.41, 5.74) is 0. The third-order valence-electron chi connectivity index (χ3n) is 5.79. The molecule has 78 nitrogen and oxygen atoms in total. The molecule has 116 heteroatoms. The number of hydrogen-bond donors (Lipinski definition) is 21. The molecule has 12 unspecified atom stereocenters. The van der Waals surface area contributed by atoms with E-state index >= 15 is 0 Å². The quantitative estimate of drug-likeness (QED) is 0.0101. The molecular formula is C16H69Fe8Li14N8O70P16+. The monoisotopic (exact) mass is 2530 g/mol. The van der Waals surface area contributed by atoms with Crippen molar-refractivity contribution in [1.29, 1.82) is 0 Å². The van der Waals surface area contributed by atoms with Crippen LogP contribution < -0.4 is 333 Å². The molecule has 0 aromatic heterocycles. The summed E-state index contributed by atoms with van der Waals surface area (Å²) in [5, 5.41) is 48.8.